The Kier molecular flexibility index (Phi) is 5.06. The topological polar surface area (TPSA) is 102 Å². The smallest absolute Gasteiger partial charge is 0.284 e. The van der Waals surface area contributed by atoms with E-state index in [4.69, 9.17) is 10.2 Å². The summed E-state index contributed by atoms with van der Waals surface area (Å²) in [5, 5.41) is 7.59. The van der Waals surface area contributed by atoms with Gasteiger partial charge in [-0.1, -0.05) is 0 Å². The molecule has 0 radical (unpaired) electrons. The van der Waals surface area contributed by atoms with Gasteiger partial charge in [-0.05, 0) is 31.0 Å². The fourth-order valence-corrected chi connectivity index (χ4v) is 3.05. The van der Waals surface area contributed by atoms with E-state index in [1.807, 2.05) is 24.9 Å². The number of rotatable bonds is 5. The van der Waals surface area contributed by atoms with Gasteiger partial charge in [0.2, 0.25) is 0 Å². The summed E-state index contributed by atoms with van der Waals surface area (Å²) < 4.78 is 7.23. The lowest BCUT2D eigenvalue weighted by atomic mass is 10.0. The summed E-state index contributed by atoms with van der Waals surface area (Å²) in [6.45, 7) is 5.04. The Morgan fingerprint density at radius 2 is 2.36 bits per heavy atom. The van der Waals surface area contributed by atoms with Crippen LogP contribution >= 0.6 is 0 Å². The Balaban J connectivity index is 1.66. The summed E-state index contributed by atoms with van der Waals surface area (Å²) in [4.78, 5) is 18.0. The number of hydrogen-bond acceptors (Lipinski definition) is 4. The van der Waals surface area contributed by atoms with Crippen LogP contribution in [0.5, 0.6) is 0 Å². The number of amides is 1. The van der Waals surface area contributed by atoms with E-state index in [1.165, 1.54) is 5.56 Å². The Bertz CT molecular complexity index is 763. The van der Waals surface area contributed by atoms with Crippen molar-refractivity contribution in [3.05, 3.63) is 41.6 Å². The summed E-state index contributed by atoms with van der Waals surface area (Å²) in [5.41, 5.74) is 6.47. The molecule has 134 valence electrons. The predicted molar refractivity (Wildman–Crippen MR) is 94.2 cm³/mol. The van der Waals surface area contributed by atoms with Crippen LogP contribution < -0.4 is 11.1 Å². The summed E-state index contributed by atoms with van der Waals surface area (Å²) in [6.07, 6.45) is 5.08. The molecule has 2 aromatic rings. The van der Waals surface area contributed by atoms with Gasteiger partial charge in [0.05, 0.1) is 6.20 Å². The Morgan fingerprint density at radius 1 is 1.52 bits per heavy atom. The molecule has 8 nitrogen and oxygen atoms in total. The van der Waals surface area contributed by atoms with Gasteiger partial charge in [0.1, 0.15) is 12.3 Å². The molecule has 1 atom stereocenters. The zero-order valence-corrected chi connectivity index (χ0v) is 14.6. The van der Waals surface area contributed by atoms with Crippen molar-refractivity contribution in [1.29, 1.82) is 0 Å². The molecule has 0 aromatic carbocycles. The first-order chi connectivity index (χ1) is 12.1. The third-order valence-corrected chi connectivity index (χ3v) is 4.31. The van der Waals surface area contributed by atoms with Crippen molar-refractivity contribution in [3.63, 3.8) is 0 Å². The monoisotopic (exact) mass is 344 g/mol. The molecule has 3 N–H and O–H groups in total. The standard InChI is InChI=1S/C17H24N6O2/c1-3-19-17(20-9-14-4-5-15(25-14)16(18)24)23-7-6-12(11-23)13-8-21-22(2)10-13/h4-5,8,10,12H,3,6-7,9,11H2,1-2H3,(H2,18,24)(H,19,20). The van der Waals surface area contributed by atoms with Crippen molar-refractivity contribution in [2.45, 2.75) is 25.8 Å². The van der Waals surface area contributed by atoms with Crippen molar-refractivity contribution in [1.82, 2.24) is 20.0 Å². The lowest BCUT2D eigenvalue weighted by molar-refractivity contribution is 0.0972. The molecule has 2 aromatic heterocycles. The molecule has 1 aliphatic rings. The minimum absolute atomic E-state index is 0.160. The Labute approximate surface area is 146 Å². The van der Waals surface area contributed by atoms with E-state index in [0.29, 0.717) is 18.2 Å². The lowest BCUT2D eigenvalue weighted by Gasteiger charge is -2.21. The number of guanidine groups is 1. The Morgan fingerprint density at radius 3 is 3.00 bits per heavy atom. The first-order valence-electron chi connectivity index (χ1n) is 8.47. The minimum atomic E-state index is -0.569. The molecule has 0 aliphatic carbocycles. The predicted octanol–water partition coefficient (Wildman–Crippen LogP) is 1.07. The van der Waals surface area contributed by atoms with Crippen LogP contribution in [0.25, 0.3) is 0 Å². The molecule has 25 heavy (non-hydrogen) atoms. The van der Waals surface area contributed by atoms with Crippen LogP contribution in [-0.2, 0) is 13.6 Å². The number of furan rings is 1. The number of nitrogens with two attached hydrogens (primary N) is 1. The molecule has 3 heterocycles. The first-order valence-corrected chi connectivity index (χ1v) is 8.47. The fraction of sp³-hybridized carbons (Fsp3) is 0.471. The van der Waals surface area contributed by atoms with E-state index in [2.05, 4.69) is 26.5 Å². The van der Waals surface area contributed by atoms with Gasteiger partial charge in [0, 0.05) is 38.8 Å². The molecule has 0 saturated carbocycles. The molecule has 3 rings (SSSR count). The van der Waals surface area contributed by atoms with Crippen LogP contribution in [0.1, 0.15) is 41.1 Å². The Hall–Kier alpha value is -2.77. The fourth-order valence-electron chi connectivity index (χ4n) is 3.05. The highest BCUT2D eigenvalue weighted by molar-refractivity contribution is 5.89. The van der Waals surface area contributed by atoms with Crippen LogP contribution in [0.3, 0.4) is 0 Å². The number of aryl methyl sites for hydroxylation is 1. The number of primary amides is 1. The van der Waals surface area contributed by atoms with Gasteiger partial charge >= 0.3 is 0 Å². The summed E-state index contributed by atoms with van der Waals surface area (Å²) in [7, 11) is 1.94. The molecule has 0 bridgehead atoms. The summed E-state index contributed by atoms with van der Waals surface area (Å²) >= 11 is 0. The van der Waals surface area contributed by atoms with Crippen molar-refractivity contribution in [3.8, 4) is 0 Å². The number of carbonyl (C=O) groups excluding carboxylic acids is 1. The molecular weight excluding hydrogens is 320 g/mol. The molecular formula is C17H24N6O2. The van der Waals surface area contributed by atoms with Crippen LogP contribution in [0.2, 0.25) is 0 Å². The maximum absolute atomic E-state index is 11.1. The van der Waals surface area contributed by atoms with E-state index >= 15 is 0 Å². The van der Waals surface area contributed by atoms with Gasteiger partial charge < -0.3 is 20.4 Å². The van der Waals surface area contributed by atoms with Crippen molar-refractivity contribution in [2.75, 3.05) is 19.6 Å². The van der Waals surface area contributed by atoms with E-state index < -0.39 is 5.91 Å². The molecule has 0 spiro atoms. The molecule has 1 fully saturated rings. The van der Waals surface area contributed by atoms with Gasteiger partial charge in [0.15, 0.2) is 11.7 Å². The van der Waals surface area contributed by atoms with Gasteiger partial charge in [-0.25, -0.2) is 4.99 Å². The quantitative estimate of drug-likeness (QED) is 0.624. The van der Waals surface area contributed by atoms with Crippen molar-refractivity contribution < 1.29 is 9.21 Å². The maximum atomic E-state index is 11.1. The number of likely N-dealkylation sites (tertiary alicyclic amines) is 1. The van der Waals surface area contributed by atoms with Gasteiger partial charge in [-0.3, -0.25) is 9.48 Å². The maximum Gasteiger partial charge on any atom is 0.284 e. The zero-order chi connectivity index (χ0) is 17.8. The molecule has 1 amide bonds. The van der Waals surface area contributed by atoms with Crippen LogP contribution in [0.4, 0.5) is 0 Å². The number of aromatic nitrogens is 2. The highest BCUT2D eigenvalue weighted by atomic mass is 16.3. The number of carbonyl (C=O) groups is 1. The molecule has 1 saturated heterocycles. The van der Waals surface area contributed by atoms with Gasteiger partial charge in [-0.2, -0.15) is 5.10 Å². The van der Waals surface area contributed by atoms with E-state index in [9.17, 15) is 4.79 Å². The average molecular weight is 344 g/mol. The zero-order valence-electron chi connectivity index (χ0n) is 14.6. The largest absolute Gasteiger partial charge is 0.454 e. The third-order valence-electron chi connectivity index (χ3n) is 4.31. The van der Waals surface area contributed by atoms with Crippen LogP contribution in [0.15, 0.2) is 33.9 Å². The number of aliphatic imine (C=N–C) groups is 1. The normalized spacial score (nSPS) is 17.9. The van der Waals surface area contributed by atoms with E-state index in [-0.39, 0.29) is 5.76 Å². The second-order valence-electron chi connectivity index (χ2n) is 6.18. The second-order valence-corrected chi connectivity index (χ2v) is 6.18. The third kappa shape index (κ3) is 4.01. The number of hydrogen-bond donors (Lipinski definition) is 2. The number of nitrogens with zero attached hydrogens (tertiary/aromatic N) is 4. The highest BCUT2D eigenvalue weighted by Gasteiger charge is 2.26. The average Bonchev–Trinajstić information content (AvgIpc) is 3.31. The van der Waals surface area contributed by atoms with Gasteiger partial charge in [-0.15, -0.1) is 0 Å². The highest BCUT2D eigenvalue weighted by Crippen LogP contribution is 2.26. The second kappa shape index (κ2) is 7.42. The molecule has 8 heteroatoms. The van der Waals surface area contributed by atoms with Gasteiger partial charge in [0.25, 0.3) is 5.91 Å². The van der Waals surface area contributed by atoms with Crippen molar-refractivity contribution >= 4 is 11.9 Å². The summed E-state index contributed by atoms with van der Waals surface area (Å²) in [6, 6.07) is 3.31. The van der Waals surface area contributed by atoms with E-state index in [0.717, 1.165) is 32.0 Å². The summed E-state index contributed by atoms with van der Waals surface area (Å²) in [5.74, 6) is 1.52. The van der Waals surface area contributed by atoms with Crippen LogP contribution in [0, 0.1) is 0 Å². The van der Waals surface area contributed by atoms with Crippen LogP contribution in [-0.4, -0.2) is 46.2 Å². The molecule has 1 unspecified atom stereocenters. The minimum Gasteiger partial charge on any atom is -0.454 e. The first kappa shape index (κ1) is 17.1. The lowest BCUT2D eigenvalue weighted by Crippen LogP contribution is -2.39. The SMILES string of the molecule is CCNC(=NCc1ccc(C(N)=O)o1)N1CCC(c2cnn(C)c2)C1. The number of nitrogens with one attached hydrogen (secondary N) is 1. The van der Waals surface area contributed by atoms with E-state index in [1.54, 1.807) is 12.1 Å². The molecule has 1 aliphatic heterocycles. The van der Waals surface area contributed by atoms with Crippen molar-refractivity contribution in [2.24, 2.45) is 17.8 Å².